The number of carbonyl (C=O) groups excluding carboxylic acids is 1. The molecule has 1 amide bonds. The first-order valence-electron chi connectivity index (χ1n) is 6.59. The Balaban J connectivity index is 3.23. The van der Waals surface area contributed by atoms with Crippen molar-refractivity contribution in [3.05, 3.63) is 0 Å². The van der Waals surface area contributed by atoms with Crippen LogP contribution in [0.15, 0.2) is 0 Å². The predicted octanol–water partition coefficient (Wildman–Crippen LogP) is 2.62. The van der Waals surface area contributed by atoms with Gasteiger partial charge in [-0.3, -0.25) is 4.79 Å². The largest absolute Gasteiger partial charge is 0.393 e. The minimum absolute atomic E-state index is 0.0948. The van der Waals surface area contributed by atoms with Gasteiger partial charge in [-0.05, 0) is 19.3 Å². The van der Waals surface area contributed by atoms with E-state index in [0.717, 1.165) is 32.1 Å². The monoisotopic (exact) mass is 229 g/mol. The highest BCUT2D eigenvalue weighted by Gasteiger charge is 2.04. The molecule has 0 fully saturated rings. The summed E-state index contributed by atoms with van der Waals surface area (Å²) in [6.07, 6.45) is 8.86. The lowest BCUT2D eigenvalue weighted by molar-refractivity contribution is -0.120. The molecular weight excluding hydrogens is 202 g/mol. The number of aliphatic hydroxyl groups is 1. The topological polar surface area (TPSA) is 49.3 Å². The van der Waals surface area contributed by atoms with E-state index in [4.69, 9.17) is 0 Å². The summed E-state index contributed by atoms with van der Waals surface area (Å²) in [5.41, 5.74) is 0. The molecule has 0 aliphatic heterocycles. The summed E-state index contributed by atoms with van der Waals surface area (Å²) in [5.74, 6) is 0.0948. The van der Waals surface area contributed by atoms with Crippen LogP contribution in [0.1, 0.15) is 64.7 Å². The van der Waals surface area contributed by atoms with Crippen molar-refractivity contribution in [1.82, 2.24) is 5.32 Å². The van der Waals surface area contributed by atoms with Gasteiger partial charge in [0.1, 0.15) is 0 Å². The van der Waals surface area contributed by atoms with Crippen molar-refractivity contribution in [2.75, 3.05) is 7.05 Å². The molecule has 0 aromatic carbocycles. The van der Waals surface area contributed by atoms with Crippen LogP contribution in [-0.2, 0) is 4.79 Å². The quantitative estimate of drug-likeness (QED) is 0.566. The summed E-state index contributed by atoms with van der Waals surface area (Å²) in [6.45, 7) is 2.19. The van der Waals surface area contributed by atoms with Crippen LogP contribution in [-0.4, -0.2) is 24.2 Å². The molecule has 0 bridgehead atoms. The van der Waals surface area contributed by atoms with E-state index in [1.807, 2.05) is 0 Å². The number of rotatable bonds is 10. The van der Waals surface area contributed by atoms with E-state index in [9.17, 15) is 9.90 Å². The Labute approximate surface area is 99.6 Å². The Morgan fingerprint density at radius 2 is 1.75 bits per heavy atom. The maximum absolute atomic E-state index is 10.9. The maximum Gasteiger partial charge on any atom is 0.219 e. The summed E-state index contributed by atoms with van der Waals surface area (Å²) in [6, 6.07) is 0. The first-order chi connectivity index (χ1) is 7.70. The number of amides is 1. The van der Waals surface area contributed by atoms with Gasteiger partial charge in [0.05, 0.1) is 6.10 Å². The van der Waals surface area contributed by atoms with Crippen molar-refractivity contribution in [1.29, 1.82) is 0 Å². The second-order valence-corrected chi connectivity index (χ2v) is 4.42. The third-order valence-electron chi connectivity index (χ3n) is 2.86. The van der Waals surface area contributed by atoms with Crippen molar-refractivity contribution in [3.8, 4) is 0 Å². The molecular formula is C13H27NO2. The summed E-state index contributed by atoms with van der Waals surface area (Å²) in [4.78, 5) is 10.9. The molecule has 0 saturated carbocycles. The summed E-state index contributed by atoms with van der Waals surface area (Å²) in [7, 11) is 1.66. The molecule has 0 aliphatic carbocycles. The lowest BCUT2D eigenvalue weighted by Gasteiger charge is -2.09. The number of unbranched alkanes of at least 4 members (excludes halogenated alkanes) is 4. The average molecular weight is 229 g/mol. The molecule has 0 heterocycles. The molecule has 1 atom stereocenters. The van der Waals surface area contributed by atoms with Gasteiger partial charge in [-0.1, -0.05) is 39.0 Å². The van der Waals surface area contributed by atoms with Gasteiger partial charge in [-0.25, -0.2) is 0 Å². The molecule has 0 rings (SSSR count). The normalized spacial score (nSPS) is 12.4. The Bertz CT molecular complexity index is 171. The molecule has 0 unspecified atom stereocenters. The summed E-state index contributed by atoms with van der Waals surface area (Å²) < 4.78 is 0. The summed E-state index contributed by atoms with van der Waals surface area (Å²) >= 11 is 0. The number of aliphatic hydroxyl groups excluding tert-OH is 1. The number of hydrogen-bond donors (Lipinski definition) is 2. The predicted molar refractivity (Wildman–Crippen MR) is 67.3 cm³/mol. The smallest absolute Gasteiger partial charge is 0.219 e. The van der Waals surface area contributed by atoms with Crippen LogP contribution in [0.25, 0.3) is 0 Å². The van der Waals surface area contributed by atoms with Gasteiger partial charge in [0.25, 0.3) is 0 Å². The number of nitrogens with one attached hydrogen (secondary N) is 1. The highest BCUT2D eigenvalue weighted by molar-refractivity contribution is 5.75. The molecule has 3 heteroatoms. The molecule has 3 nitrogen and oxygen atoms in total. The lowest BCUT2D eigenvalue weighted by atomic mass is 10.0. The fourth-order valence-electron chi connectivity index (χ4n) is 1.74. The molecule has 0 aromatic heterocycles. The van der Waals surface area contributed by atoms with E-state index >= 15 is 0 Å². The van der Waals surface area contributed by atoms with Gasteiger partial charge in [0.2, 0.25) is 5.91 Å². The van der Waals surface area contributed by atoms with Gasteiger partial charge in [-0.15, -0.1) is 0 Å². The molecule has 96 valence electrons. The third kappa shape index (κ3) is 9.97. The number of hydrogen-bond acceptors (Lipinski definition) is 2. The molecule has 2 N–H and O–H groups in total. The Hall–Kier alpha value is -0.570. The standard InChI is InChI=1S/C13H27NO2/c1-3-4-5-6-9-12(15)10-7-8-11-13(16)14-2/h12,15H,3-11H2,1-2H3,(H,14,16)/t12-/m0/s1. The van der Waals surface area contributed by atoms with Crippen LogP contribution in [0.3, 0.4) is 0 Å². The Morgan fingerprint density at radius 1 is 1.12 bits per heavy atom. The first-order valence-corrected chi connectivity index (χ1v) is 6.59. The zero-order chi connectivity index (χ0) is 12.2. The van der Waals surface area contributed by atoms with E-state index in [1.54, 1.807) is 7.05 Å². The van der Waals surface area contributed by atoms with Crippen LogP contribution < -0.4 is 5.32 Å². The van der Waals surface area contributed by atoms with Gasteiger partial charge in [0, 0.05) is 13.5 Å². The average Bonchev–Trinajstić information content (AvgIpc) is 2.30. The van der Waals surface area contributed by atoms with E-state index in [0.29, 0.717) is 6.42 Å². The van der Waals surface area contributed by atoms with Crippen LogP contribution >= 0.6 is 0 Å². The van der Waals surface area contributed by atoms with Crippen molar-refractivity contribution in [2.45, 2.75) is 70.8 Å². The molecule has 0 radical (unpaired) electrons. The van der Waals surface area contributed by atoms with Gasteiger partial charge in [-0.2, -0.15) is 0 Å². The van der Waals surface area contributed by atoms with E-state index in [1.165, 1.54) is 19.3 Å². The van der Waals surface area contributed by atoms with Crippen LogP contribution in [0.4, 0.5) is 0 Å². The summed E-state index contributed by atoms with van der Waals surface area (Å²) in [5, 5.41) is 12.3. The highest BCUT2D eigenvalue weighted by atomic mass is 16.3. The molecule has 16 heavy (non-hydrogen) atoms. The SMILES string of the molecule is CCCCCC[C@H](O)CCCCC(=O)NC. The molecule has 0 spiro atoms. The highest BCUT2D eigenvalue weighted by Crippen LogP contribution is 2.11. The molecule has 0 aromatic rings. The second-order valence-electron chi connectivity index (χ2n) is 4.42. The fraction of sp³-hybridized carbons (Fsp3) is 0.923. The lowest BCUT2D eigenvalue weighted by Crippen LogP contribution is -2.17. The fourth-order valence-corrected chi connectivity index (χ4v) is 1.74. The zero-order valence-electron chi connectivity index (χ0n) is 10.8. The third-order valence-corrected chi connectivity index (χ3v) is 2.86. The maximum atomic E-state index is 10.9. The van der Waals surface area contributed by atoms with Crippen molar-refractivity contribution < 1.29 is 9.90 Å². The minimum atomic E-state index is -0.165. The second kappa shape index (κ2) is 10.9. The Morgan fingerprint density at radius 3 is 2.31 bits per heavy atom. The van der Waals surface area contributed by atoms with Gasteiger partial charge < -0.3 is 10.4 Å². The van der Waals surface area contributed by atoms with Crippen LogP contribution in [0, 0.1) is 0 Å². The van der Waals surface area contributed by atoms with E-state index < -0.39 is 0 Å². The molecule has 0 saturated heterocycles. The molecule has 0 aliphatic rings. The van der Waals surface area contributed by atoms with Gasteiger partial charge in [0.15, 0.2) is 0 Å². The van der Waals surface area contributed by atoms with Gasteiger partial charge >= 0.3 is 0 Å². The van der Waals surface area contributed by atoms with Crippen LogP contribution in [0.2, 0.25) is 0 Å². The number of carbonyl (C=O) groups is 1. The Kier molecular flexibility index (Phi) is 10.5. The van der Waals surface area contributed by atoms with E-state index in [2.05, 4.69) is 12.2 Å². The first kappa shape index (κ1) is 15.4. The van der Waals surface area contributed by atoms with Crippen molar-refractivity contribution >= 4 is 5.91 Å². The minimum Gasteiger partial charge on any atom is -0.393 e. The van der Waals surface area contributed by atoms with E-state index in [-0.39, 0.29) is 12.0 Å². The van der Waals surface area contributed by atoms with Crippen LogP contribution in [0.5, 0.6) is 0 Å². The van der Waals surface area contributed by atoms with Crippen molar-refractivity contribution in [3.63, 3.8) is 0 Å². The van der Waals surface area contributed by atoms with Crippen molar-refractivity contribution in [2.24, 2.45) is 0 Å². The zero-order valence-corrected chi connectivity index (χ0v) is 10.8.